The van der Waals surface area contributed by atoms with Gasteiger partial charge in [0.05, 0.1) is 17.6 Å². The number of hydrogen-bond donors (Lipinski definition) is 1. The van der Waals surface area contributed by atoms with Crippen LogP contribution in [-0.2, 0) is 16.2 Å². The molecule has 1 N–H and O–H groups in total. The second-order valence-corrected chi connectivity index (χ2v) is 9.90. The fourth-order valence-corrected chi connectivity index (χ4v) is 5.10. The van der Waals surface area contributed by atoms with E-state index in [1.165, 1.54) is 35.7 Å². The minimum atomic E-state index is -4.40. The van der Waals surface area contributed by atoms with E-state index in [-0.39, 0.29) is 18.0 Å². The Morgan fingerprint density at radius 1 is 0.943 bits per heavy atom. The zero-order valence-corrected chi connectivity index (χ0v) is 19.9. The van der Waals surface area contributed by atoms with Crippen LogP contribution < -0.4 is 15.0 Å². The third kappa shape index (κ3) is 5.65. The second kappa shape index (κ2) is 9.70. The van der Waals surface area contributed by atoms with E-state index < -0.39 is 21.8 Å². The first-order chi connectivity index (χ1) is 16.6. The highest BCUT2D eigenvalue weighted by molar-refractivity contribution is 7.89. The van der Waals surface area contributed by atoms with Crippen molar-refractivity contribution in [3.63, 3.8) is 0 Å². The number of hydrogen-bond acceptors (Lipinski definition) is 7. The number of benzene rings is 2. The minimum Gasteiger partial charge on any atom is -0.497 e. The number of aromatic nitrogens is 2. The fourth-order valence-electron chi connectivity index (χ4n) is 3.67. The van der Waals surface area contributed by atoms with Gasteiger partial charge in [-0.15, -0.1) is 0 Å². The van der Waals surface area contributed by atoms with Gasteiger partial charge in [0.1, 0.15) is 11.6 Å². The van der Waals surface area contributed by atoms with Crippen LogP contribution in [-0.4, -0.2) is 56.0 Å². The quantitative estimate of drug-likeness (QED) is 0.538. The monoisotopic (exact) mass is 507 g/mol. The average molecular weight is 508 g/mol. The van der Waals surface area contributed by atoms with Gasteiger partial charge >= 0.3 is 6.18 Å². The molecule has 1 fully saturated rings. The maximum absolute atomic E-state index is 13.0. The van der Waals surface area contributed by atoms with Crippen LogP contribution in [0.15, 0.2) is 59.5 Å². The zero-order chi connectivity index (χ0) is 25.2. The summed E-state index contributed by atoms with van der Waals surface area (Å²) in [6, 6.07) is 12.6. The summed E-state index contributed by atoms with van der Waals surface area (Å²) in [4.78, 5) is 11.0. The topological polar surface area (TPSA) is 87.7 Å². The van der Waals surface area contributed by atoms with Crippen molar-refractivity contribution in [2.24, 2.45) is 0 Å². The summed E-state index contributed by atoms with van der Waals surface area (Å²) >= 11 is 0. The highest BCUT2D eigenvalue weighted by atomic mass is 32.2. The normalized spacial score (nSPS) is 15.2. The van der Waals surface area contributed by atoms with Crippen LogP contribution in [0.3, 0.4) is 0 Å². The third-order valence-corrected chi connectivity index (χ3v) is 7.46. The molecule has 1 aliphatic rings. The predicted octanol–water partition coefficient (Wildman–Crippen LogP) is 4.07. The molecule has 0 bridgehead atoms. The third-order valence-electron chi connectivity index (χ3n) is 5.55. The van der Waals surface area contributed by atoms with Crippen LogP contribution >= 0.6 is 0 Å². The number of alkyl halides is 3. The maximum atomic E-state index is 13.0. The molecule has 2 heterocycles. The van der Waals surface area contributed by atoms with E-state index in [0.717, 1.165) is 12.1 Å². The molecule has 3 aromatic rings. The molecule has 4 rings (SSSR count). The lowest BCUT2D eigenvalue weighted by Crippen LogP contribution is -2.49. The van der Waals surface area contributed by atoms with Crippen LogP contribution in [0.1, 0.15) is 11.3 Å². The van der Waals surface area contributed by atoms with Gasteiger partial charge in [-0.3, -0.25) is 0 Å². The number of anilines is 3. The Bertz CT molecular complexity index is 1280. The van der Waals surface area contributed by atoms with Gasteiger partial charge in [-0.25, -0.2) is 13.4 Å². The van der Waals surface area contributed by atoms with E-state index in [4.69, 9.17) is 4.74 Å². The first-order valence-corrected chi connectivity index (χ1v) is 12.2. The lowest BCUT2D eigenvalue weighted by molar-refractivity contribution is -0.137. The Morgan fingerprint density at radius 2 is 1.57 bits per heavy atom. The molecular formula is C23H24F3N5O3S. The summed E-state index contributed by atoms with van der Waals surface area (Å²) in [7, 11) is -2.13. The Kier molecular flexibility index (Phi) is 6.86. The molecule has 1 aromatic heterocycles. The van der Waals surface area contributed by atoms with Gasteiger partial charge in [0, 0.05) is 43.6 Å². The number of halogens is 3. The van der Waals surface area contributed by atoms with Gasteiger partial charge in [-0.2, -0.15) is 22.5 Å². The summed E-state index contributed by atoms with van der Waals surface area (Å²) in [6.07, 6.45) is -4.40. The van der Waals surface area contributed by atoms with Gasteiger partial charge < -0.3 is 15.0 Å². The summed E-state index contributed by atoms with van der Waals surface area (Å²) in [5, 5.41) is 3.01. The molecular weight excluding hydrogens is 483 g/mol. The second-order valence-electron chi connectivity index (χ2n) is 7.96. The Labute approximate surface area is 201 Å². The molecule has 35 heavy (non-hydrogen) atoms. The highest BCUT2D eigenvalue weighted by Crippen LogP contribution is 2.30. The molecule has 2 aromatic carbocycles. The molecule has 1 saturated heterocycles. The van der Waals surface area contributed by atoms with Gasteiger partial charge in [-0.1, -0.05) is 0 Å². The first-order valence-electron chi connectivity index (χ1n) is 10.8. The maximum Gasteiger partial charge on any atom is 0.416 e. The lowest BCUT2D eigenvalue weighted by atomic mass is 10.2. The molecule has 186 valence electrons. The Hall–Kier alpha value is -3.38. The van der Waals surface area contributed by atoms with Gasteiger partial charge in [-0.05, 0) is 55.5 Å². The predicted molar refractivity (Wildman–Crippen MR) is 125 cm³/mol. The zero-order valence-electron chi connectivity index (χ0n) is 19.1. The Balaban J connectivity index is 1.44. The number of aryl methyl sites for hydroxylation is 1. The number of nitrogens with one attached hydrogen (secondary N) is 1. The van der Waals surface area contributed by atoms with Gasteiger partial charge in [0.2, 0.25) is 16.0 Å². The number of methoxy groups -OCH3 is 1. The van der Waals surface area contributed by atoms with Crippen LogP contribution in [0, 0.1) is 6.92 Å². The lowest BCUT2D eigenvalue weighted by Gasteiger charge is -2.34. The summed E-state index contributed by atoms with van der Waals surface area (Å²) in [5.41, 5.74) is 0.389. The summed E-state index contributed by atoms with van der Waals surface area (Å²) in [6.45, 7) is 3.07. The van der Waals surface area contributed by atoms with Crippen LogP contribution in [0.25, 0.3) is 0 Å². The highest BCUT2D eigenvalue weighted by Gasteiger charge is 2.31. The fraction of sp³-hybridized carbons (Fsp3) is 0.304. The van der Waals surface area contributed by atoms with Crippen molar-refractivity contribution in [2.45, 2.75) is 18.0 Å². The molecule has 0 amide bonds. The Morgan fingerprint density at radius 3 is 2.14 bits per heavy atom. The molecule has 0 aliphatic carbocycles. The average Bonchev–Trinajstić information content (AvgIpc) is 2.83. The number of ether oxygens (including phenoxy) is 1. The van der Waals surface area contributed by atoms with E-state index in [1.54, 1.807) is 25.1 Å². The van der Waals surface area contributed by atoms with E-state index in [0.29, 0.717) is 42.0 Å². The van der Waals surface area contributed by atoms with Crippen molar-refractivity contribution in [3.05, 3.63) is 65.9 Å². The van der Waals surface area contributed by atoms with Crippen LogP contribution in [0.4, 0.5) is 30.6 Å². The first kappa shape index (κ1) is 24.7. The van der Waals surface area contributed by atoms with Crippen molar-refractivity contribution in [1.82, 2.24) is 14.3 Å². The molecule has 0 radical (unpaired) electrons. The molecule has 8 nitrogen and oxygen atoms in total. The van der Waals surface area contributed by atoms with E-state index in [2.05, 4.69) is 15.3 Å². The van der Waals surface area contributed by atoms with E-state index in [1.807, 2.05) is 4.90 Å². The smallest absolute Gasteiger partial charge is 0.416 e. The van der Waals surface area contributed by atoms with Gasteiger partial charge in [0.25, 0.3) is 0 Å². The standard InChI is InChI=1S/C23H24F3N5O3S/c1-16-15-21(28-18-5-3-17(4-6-18)23(24,25)26)29-22(27-16)30-11-13-31(14-12-30)35(32,33)20-9-7-19(34-2)8-10-20/h3-10,15H,11-14H2,1-2H3,(H,27,28,29). The van der Waals surface area contributed by atoms with Crippen molar-refractivity contribution in [2.75, 3.05) is 43.5 Å². The van der Waals surface area contributed by atoms with E-state index in [9.17, 15) is 21.6 Å². The number of sulfonamides is 1. The van der Waals surface area contributed by atoms with Crippen molar-refractivity contribution < 1.29 is 26.3 Å². The summed E-state index contributed by atoms with van der Waals surface area (Å²) < 4.78 is 70.9. The number of rotatable bonds is 6. The number of nitrogens with zero attached hydrogens (tertiary/aromatic N) is 4. The summed E-state index contributed by atoms with van der Waals surface area (Å²) in [5.74, 6) is 1.42. The van der Waals surface area contributed by atoms with Crippen LogP contribution in [0.5, 0.6) is 5.75 Å². The minimum absolute atomic E-state index is 0.196. The number of piperazine rings is 1. The van der Waals surface area contributed by atoms with Crippen molar-refractivity contribution in [1.29, 1.82) is 0 Å². The molecule has 0 spiro atoms. The SMILES string of the molecule is COc1ccc(S(=O)(=O)N2CCN(c3nc(C)cc(Nc4ccc(C(F)(F)F)cc4)n3)CC2)cc1. The molecule has 12 heteroatoms. The van der Waals surface area contributed by atoms with Crippen LogP contribution in [0.2, 0.25) is 0 Å². The van der Waals surface area contributed by atoms with Crippen molar-refractivity contribution >= 4 is 27.5 Å². The van der Waals surface area contributed by atoms with Crippen molar-refractivity contribution in [3.8, 4) is 5.75 Å². The van der Waals surface area contributed by atoms with E-state index >= 15 is 0 Å². The molecule has 0 unspecified atom stereocenters. The largest absolute Gasteiger partial charge is 0.497 e. The molecule has 0 saturated carbocycles. The van der Waals surface area contributed by atoms with Gasteiger partial charge in [0.15, 0.2) is 0 Å². The molecule has 1 aliphatic heterocycles. The molecule has 0 atom stereocenters.